The topological polar surface area (TPSA) is 72.2 Å². The fraction of sp³-hybridized carbons (Fsp3) is 0.538. The molecule has 1 aliphatic carbocycles. The van der Waals surface area contributed by atoms with Crippen LogP contribution >= 0.6 is 15.9 Å². The zero-order chi connectivity index (χ0) is 14.1. The quantitative estimate of drug-likeness (QED) is 0.778. The van der Waals surface area contributed by atoms with E-state index in [1.54, 1.807) is 6.07 Å². The van der Waals surface area contributed by atoms with Crippen molar-refractivity contribution in [2.75, 3.05) is 12.3 Å². The Kier molecular flexibility index (Phi) is 4.23. The number of rotatable bonds is 6. The minimum absolute atomic E-state index is 0.201. The van der Waals surface area contributed by atoms with E-state index in [-0.39, 0.29) is 10.3 Å². The maximum Gasteiger partial charge on any atom is 0.240 e. The number of sulfonamides is 1. The van der Waals surface area contributed by atoms with Crippen LogP contribution in [0.4, 0.5) is 5.69 Å². The van der Waals surface area contributed by atoms with Crippen LogP contribution < -0.4 is 10.5 Å². The highest BCUT2D eigenvalue weighted by atomic mass is 79.9. The maximum absolute atomic E-state index is 12.2. The summed E-state index contributed by atoms with van der Waals surface area (Å²) in [6.45, 7) is 2.66. The number of nitrogens with one attached hydrogen (secondary N) is 1. The summed E-state index contributed by atoms with van der Waals surface area (Å²) in [5, 5.41) is 0. The van der Waals surface area contributed by atoms with Gasteiger partial charge < -0.3 is 5.73 Å². The van der Waals surface area contributed by atoms with E-state index < -0.39 is 10.0 Å². The van der Waals surface area contributed by atoms with E-state index in [1.165, 1.54) is 12.1 Å². The van der Waals surface area contributed by atoms with Gasteiger partial charge in [0.05, 0.1) is 4.90 Å². The van der Waals surface area contributed by atoms with Gasteiger partial charge >= 0.3 is 0 Å². The third-order valence-electron chi connectivity index (χ3n) is 3.66. The molecular weight excluding hydrogens is 328 g/mol. The minimum Gasteiger partial charge on any atom is -0.398 e. The van der Waals surface area contributed by atoms with Crippen LogP contribution in [-0.2, 0) is 10.0 Å². The first-order valence-electron chi connectivity index (χ1n) is 6.43. The first-order chi connectivity index (χ1) is 8.88. The molecule has 0 unspecified atom stereocenters. The van der Waals surface area contributed by atoms with Crippen molar-refractivity contribution >= 4 is 31.6 Å². The molecule has 0 amide bonds. The van der Waals surface area contributed by atoms with Crippen molar-refractivity contribution in [3.05, 3.63) is 22.7 Å². The first kappa shape index (κ1) is 14.8. The lowest BCUT2D eigenvalue weighted by Gasteiger charge is -2.15. The molecule has 0 bridgehead atoms. The Hall–Kier alpha value is -0.590. The summed E-state index contributed by atoms with van der Waals surface area (Å²) in [6.07, 6.45) is 4.42. The molecule has 0 saturated heterocycles. The van der Waals surface area contributed by atoms with Crippen LogP contribution in [0.15, 0.2) is 27.6 Å². The van der Waals surface area contributed by atoms with Gasteiger partial charge in [-0.3, -0.25) is 0 Å². The molecule has 4 nitrogen and oxygen atoms in total. The number of nitrogens with two attached hydrogens (primary N) is 1. The molecule has 3 N–H and O–H groups in total. The zero-order valence-electron chi connectivity index (χ0n) is 10.9. The Morgan fingerprint density at radius 1 is 1.42 bits per heavy atom. The standard InChI is InChI=1S/C13H19BrN2O2S/c1-2-5-13(6-7-13)9-16-19(17,18)10-3-4-12(15)11(14)8-10/h3-4,8,16H,2,5-7,9,15H2,1H3. The van der Waals surface area contributed by atoms with E-state index >= 15 is 0 Å². The number of hydrogen-bond acceptors (Lipinski definition) is 3. The Morgan fingerprint density at radius 3 is 2.63 bits per heavy atom. The van der Waals surface area contributed by atoms with Gasteiger partial charge in [0.15, 0.2) is 0 Å². The summed E-state index contributed by atoms with van der Waals surface area (Å²) in [5.41, 5.74) is 6.40. The summed E-state index contributed by atoms with van der Waals surface area (Å²) < 4.78 is 27.7. The molecule has 1 aromatic carbocycles. The Bertz CT molecular complexity index is 568. The SMILES string of the molecule is CCCC1(CNS(=O)(=O)c2ccc(N)c(Br)c2)CC1. The Labute approximate surface area is 122 Å². The molecule has 1 aromatic rings. The smallest absolute Gasteiger partial charge is 0.240 e. The minimum atomic E-state index is -3.45. The van der Waals surface area contributed by atoms with Gasteiger partial charge in [-0.05, 0) is 58.8 Å². The molecule has 0 aromatic heterocycles. The van der Waals surface area contributed by atoms with Crippen LogP contribution in [0.2, 0.25) is 0 Å². The average Bonchev–Trinajstić information content (AvgIpc) is 3.11. The van der Waals surface area contributed by atoms with Crippen LogP contribution in [0.3, 0.4) is 0 Å². The highest BCUT2D eigenvalue weighted by molar-refractivity contribution is 9.10. The van der Waals surface area contributed by atoms with E-state index in [1.807, 2.05) is 0 Å². The molecule has 19 heavy (non-hydrogen) atoms. The molecule has 1 saturated carbocycles. The molecule has 0 spiro atoms. The van der Waals surface area contributed by atoms with E-state index in [2.05, 4.69) is 27.6 Å². The highest BCUT2D eigenvalue weighted by Gasteiger charge is 2.42. The normalized spacial score (nSPS) is 17.4. The van der Waals surface area contributed by atoms with Crippen molar-refractivity contribution in [3.8, 4) is 0 Å². The lowest BCUT2D eigenvalue weighted by molar-refractivity contribution is 0.449. The van der Waals surface area contributed by atoms with E-state index in [9.17, 15) is 8.42 Å². The Morgan fingerprint density at radius 2 is 2.11 bits per heavy atom. The van der Waals surface area contributed by atoms with Crippen LogP contribution in [-0.4, -0.2) is 15.0 Å². The summed E-state index contributed by atoms with van der Waals surface area (Å²) in [5.74, 6) is 0. The molecule has 0 radical (unpaired) electrons. The summed E-state index contributed by atoms with van der Waals surface area (Å²) >= 11 is 3.25. The second kappa shape index (κ2) is 5.42. The molecule has 1 fully saturated rings. The van der Waals surface area contributed by atoms with Crippen LogP contribution in [0.1, 0.15) is 32.6 Å². The van der Waals surface area contributed by atoms with Crippen LogP contribution in [0.5, 0.6) is 0 Å². The highest BCUT2D eigenvalue weighted by Crippen LogP contribution is 2.49. The molecule has 6 heteroatoms. The monoisotopic (exact) mass is 346 g/mol. The van der Waals surface area contributed by atoms with Crippen LogP contribution in [0.25, 0.3) is 0 Å². The molecule has 0 atom stereocenters. The van der Waals surface area contributed by atoms with Crippen LogP contribution in [0, 0.1) is 5.41 Å². The van der Waals surface area contributed by atoms with Gasteiger partial charge in [-0.15, -0.1) is 0 Å². The van der Waals surface area contributed by atoms with Crippen molar-refractivity contribution < 1.29 is 8.42 Å². The Balaban J connectivity index is 2.08. The summed E-state index contributed by atoms with van der Waals surface area (Å²) in [6, 6.07) is 4.66. The fourth-order valence-electron chi connectivity index (χ4n) is 2.23. The van der Waals surface area contributed by atoms with Gasteiger partial charge in [-0.1, -0.05) is 13.3 Å². The number of nitrogen functional groups attached to an aromatic ring is 1. The molecule has 0 heterocycles. The van der Waals surface area contributed by atoms with E-state index in [0.29, 0.717) is 16.7 Å². The van der Waals surface area contributed by atoms with Gasteiger partial charge in [-0.2, -0.15) is 0 Å². The second-order valence-corrected chi connectivity index (χ2v) is 7.88. The molecule has 0 aliphatic heterocycles. The van der Waals surface area contributed by atoms with Gasteiger partial charge in [0.1, 0.15) is 0 Å². The maximum atomic E-state index is 12.2. The van der Waals surface area contributed by atoms with Gasteiger partial charge in [-0.25, -0.2) is 13.1 Å². The zero-order valence-corrected chi connectivity index (χ0v) is 13.4. The van der Waals surface area contributed by atoms with E-state index in [0.717, 1.165) is 25.7 Å². The second-order valence-electron chi connectivity index (χ2n) is 5.26. The number of anilines is 1. The average molecular weight is 347 g/mol. The first-order valence-corrected chi connectivity index (χ1v) is 8.71. The number of benzene rings is 1. The molecular formula is C13H19BrN2O2S. The fourth-order valence-corrected chi connectivity index (χ4v) is 3.94. The van der Waals surface area contributed by atoms with Gasteiger partial charge in [0.25, 0.3) is 0 Å². The predicted octanol–water partition coefficient (Wildman–Crippen LogP) is 2.89. The van der Waals surface area contributed by atoms with Crippen molar-refractivity contribution in [3.63, 3.8) is 0 Å². The van der Waals surface area contributed by atoms with Gasteiger partial charge in [0.2, 0.25) is 10.0 Å². The third-order valence-corrected chi connectivity index (χ3v) is 5.74. The van der Waals surface area contributed by atoms with Crippen molar-refractivity contribution in [1.82, 2.24) is 4.72 Å². The van der Waals surface area contributed by atoms with Gasteiger partial charge in [0, 0.05) is 16.7 Å². The third kappa shape index (κ3) is 3.49. The lowest BCUT2D eigenvalue weighted by atomic mass is 10.0. The molecule has 1 aliphatic rings. The van der Waals surface area contributed by atoms with Crippen molar-refractivity contribution in [2.24, 2.45) is 5.41 Å². The predicted molar refractivity (Wildman–Crippen MR) is 80.3 cm³/mol. The lowest BCUT2D eigenvalue weighted by Crippen LogP contribution is -2.30. The number of hydrogen-bond donors (Lipinski definition) is 2. The van der Waals surface area contributed by atoms with Crippen molar-refractivity contribution in [2.45, 2.75) is 37.5 Å². The number of halogens is 1. The van der Waals surface area contributed by atoms with E-state index in [4.69, 9.17) is 5.73 Å². The molecule has 106 valence electrons. The van der Waals surface area contributed by atoms with Crippen molar-refractivity contribution in [1.29, 1.82) is 0 Å². The molecule has 2 rings (SSSR count). The summed E-state index contributed by atoms with van der Waals surface area (Å²) in [7, 11) is -3.45. The summed E-state index contributed by atoms with van der Waals surface area (Å²) in [4.78, 5) is 0.251. The largest absolute Gasteiger partial charge is 0.398 e.